The van der Waals surface area contributed by atoms with Crippen LogP contribution >= 0.6 is 11.8 Å². The van der Waals surface area contributed by atoms with E-state index in [1.807, 2.05) is 30.3 Å². The van der Waals surface area contributed by atoms with Gasteiger partial charge < -0.3 is 14.4 Å². The first-order chi connectivity index (χ1) is 14.5. The van der Waals surface area contributed by atoms with Crippen molar-refractivity contribution in [3.8, 4) is 11.5 Å². The van der Waals surface area contributed by atoms with Crippen molar-refractivity contribution in [3.63, 3.8) is 0 Å². The third kappa shape index (κ3) is 4.74. The van der Waals surface area contributed by atoms with Gasteiger partial charge in [0.05, 0.1) is 10.6 Å². The van der Waals surface area contributed by atoms with E-state index in [9.17, 15) is 13.2 Å². The molecule has 2 heterocycles. The van der Waals surface area contributed by atoms with Gasteiger partial charge >= 0.3 is 0 Å². The van der Waals surface area contributed by atoms with Gasteiger partial charge in [-0.3, -0.25) is 4.79 Å². The summed E-state index contributed by atoms with van der Waals surface area (Å²) in [7, 11) is -3.64. The molecule has 0 aliphatic carbocycles. The second kappa shape index (κ2) is 9.28. The Hall–Kier alpha value is -2.23. The fourth-order valence-corrected chi connectivity index (χ4v) is 5.76. The van der Waals surface area contributed by atoms with Gasteiger partial charge in [0.1, 0.15) is 13.2 Å². The molecular formula is C21H24N2O5S2. The van der Waals surface area contributed by atoms with Crippen molar-refractivity contribution in [2.45, 2.75) is 10.6 Å². The van der Waals surface area contributed by atoms with Crippen LogP contribution in [0.1, 0.15) is 5.56 Å². The maximum Gasteiger partial charge on any atom is 0.243 e. The number of benzene rings is 2. The summed E-state index contributed by atoms with van der Waals surface area (Å²) in [6.45, 7) is 2.22. The maximum atomic E-state index is 13.0. The van der Waals surface area contributed by atoms with E-state index in [0.717, 1.165) is 5.75 Å². The molecular weight excluding hydrogens is 424 g/mol. The lowest BCUT2D eigenvalue weighted by molar-refractivity contribution is -0.129. The minimum atomic E-state index is -3.64. The van der Waals surface area contributed by atoms with E-state index < -0.39 is 10.0 Å². The summed E-state index contributed by atoms with van der Waals surface area (Å²) in [6.07, 6.45) is 0. The van der Waals surface area contributed by atoms with Crippen molar-refractivity contribution in [3.05, 3.63) is 54.1 Å². The Balaban J connectivity index is 1.30. The molecule has 0 saturated carbocycles. The van der Waals surface area contributed by atoms with Crippen LogP contribution in [-0.4, -0.2) is 68.7 Å². The number of thioether (sulfide) groups is 1. The van der Waals surface area contributed by atoms with E-state index in [0.29, 0.717) is 43.6 Å². The highest BCUT2D eigenvalue weighted by Gasteiger charge is 2.31. The van der Waals surface area contributed by atoms with Gasteiger partial charge in [-0.1, -0.05) is 30.3 Å². The third-order valence-electron chi connectivity index (χ3n) is 5.08. The van der Waals surface area contributed by atoms with Crippen molar-refractivity contribution < 1.29 is 22.7 Å². The highest BCUT2D eigenvalue weighted by Crippen LogP contribution is 2.33. The molecule has 9 heteroatoms. The molecule has 2 aromatic carbocycles. The minimum absolute atomic E-state index is 0.0484. The van der Waals surface area contributed by atoms with Gasteiger partial charge in [-0.15, -0.1) is 11.8 Å². The lowest BCUT2D eigenvalue weighted by Gasteiger charge is -2.34. The topological polar surface area (TPSA) is 76.2 Å². The minimum Gasteiger partial charge on any atom is -0.486 e. The Kier molecular flexibility index (Phi) is 6.50. The van der Waals surface area contributed by atoms with Crippen LogP contribution in [0.3, 0.4) is 0 Å². The lowest BCUT2D eigenvalue weighted by Crippen LogP contribution is -2.51. The molecule has 2 aliphatic heterocycles. The number of carbonyl (C=O) groups is 1. The summed E-state index contributed by atoms with van der Waals surface area (Å²) in [4.78, 5) is 14.4. The highest BCUT2D eigenvalue weighted by molar-refractivity contribution is 7.99. The monoisotopic (exact) mass is 448 g/mol. The molecule has 1 saturated heterocycles. The van der Waals surface area contributed by atoms with Gasteiger partial charge in [-0.2, -0.15) is 4.31 Å². The summed E-state index contributed by atoms with van der Waals surface area (Å²) in [5, 5.41) is 0. The number of ether oxygens (including phenoxy) is 2. The molecule has 0 N–H and O–H groups in total. The van der Waals surface area contributed by atoms with Gasteiger partial charge in [-0.25, -0.2) is 8.42 Å². The normalized spacial score (nSPS) is 17.0. The van der Waals surface area contributed by atoms with E-state index in [1.165, 1.54) is 15.9 Å². The molecule has 0 radical (unpaired) electrons. The molecule has 0 bridgehead atoms. The van der Waals surface area contributed by atoms with Crippen molar-refractivity contribution in [2.24, 2.45) is 0 Å². The number of rotatable bonds is 6. The van der Waals surface area contributed by atoms with Gasteiger partial charge in [-0.05, 0) is 17.7 Å². The Morgan fingerprint density at radius 2 is 1.63 bits per heavy atom. The first-order valence-corrected chi connectivity index (χ1v) is 12.4. The van der Waals surface area contributed by atoms with Crippen molar-refractivity contribution in [2.75, 3.05) is 45.1 Å². The molecule has 2 aliphatic rings. The molecule has 30 heavy (non-hydrogen) atoms. The van der Waals surface area contributed by atoms with Gasteiger partial charge in [0.15, 0.2) is 11.5 Å². The van der Waals surface area contributed by atoms with Crippen LogP contribution < -0.4 is 9.47 Å². The molecule has 160 valence electrons. The molecule has 0 unspecified atom stereocenters. The number of hydrogen-bond acceptors (Lipinski definition) is 6. The van der Waals surface area contributed by atoms with Gasteiger partial charge in [0.2, 0.25) is 15.9 Å². The number of carbonyl (C=O) groups excluding carboxylic acids is 1. The Morgan fingerprint density at radius 3 is 2.37 bits per heavy atom. The zero-order valence-corrected chi connectivity index (χ0v) is 18.2. The first kappa shape index (κ1) is 21.0. The second-order valence-corrected chi connectivity index (χ2v) is 9.99. The summed E-state index contributed by atoms with van der Waals surface area (Å²) in [5.74, 6) is 2.23. The SMILES string of the molecule is O=C(CSCc1ccccc1)N1CCN(S(=O)(=O)c2ccc3c(c2)OCCO3)CC1. The number of amides is 1. The summed E-state index contributed by atoms with van der Waals surface area (Å²) < 4.78 is 38.4. The highest BCUT2D eigenvalue weighted by atomic mass is 32.2. The fraction of sp³-hybridized carbons (Fsp3) is 0.381. The summed E-state index contributed by atoms with van der Waals surface area (Å²) >= 11 is 1.58. The van der Waals surface area contributed by atoms with Crippen LogP contribution in [0, 0.1) is 0 Å². The molecule has 1 amide bonds. The number of fused-ring (bicyclic) bond motifs is 1. The predicted octanol–water partition coefficient (Wildman–Crippen LogP) is 2.22. The van der Waals surface area contributed by atoms with Crippen LogP contribution in [0.15, 0.2) is 53.4 Å². The predicted molar refractivity (Wildman–Crippen MR) is 115 cm³/mol. The van der Waals surface area contributed by atoms with Gasteiger partial charge in [0.25, 0.3) is 0 Å². The van der Waals surface area contributed by atoms with Crippen LogP contribution in [0.2, 0.25) is 0 Å². The van der Waals surface area contributed by atoms with Crippen molar-refractivity contribution in [1.29, 1.82) is 0 Å². The lowest BCUT2D eigenvalue weighted by atomic mass is 10.2. The Bertz CT molecular complexity index is 990. The number of piperazine rings is 1. The molecule has 2 aromatic rings. The fourth-order valence-electron chi connectivity index (χ4n) is 3.43. The second-order valence-electron chi connectivity index (χ2n) is 7.07. The summed E-state index contributed by atoms with van der Waals surface area (Å²) in [5.41, 5.74) is 1.19. The Labute approximate surface area is 181 Å². The first-order valence-electron chi connectivity index (χ1n) is 9.83. The number of nitrogens with zero attached hydrogens (tertiary/aromatic N) is 2. The van der Waals surface area contributed by atoms with Crippen LogP contribution in [-0.2, 0) is 20.6 Å². The zero-order chi connectivity index (χ0) is 21.0. The van der Waals surface area contributed by atoms with Crippen LogP contribution in [0.5, 0.6) is 11.5 Å². The molecule has 0 atom stereocenters. The molecule has 1 fully saturated rings. The van der Waals surface area contributed by atoms with Crippen LogP contribution in [0.4, 0.5) is 0 Å². The standard InChI is InChI=1S/C21H24N2O5S2/c24-21(16-29-15-17-4-2-1-3-5-17)22-8-10-23(11-9-22)30(25,26)18-6-7-19-20(14-18)28-13-12-27-19/h1-7,14H,8-13,15-16H2. The average Bonchev–Trinajstić information content (AvgIpc) is 2.79. The molecule has 7 nitrogen and oxygen atoms in total. The van der Waals surface area contributed by atoms with E-state index in [4.69, 9.17) is 9.47 Å². The van der Waals surface area contributed by atoms with E-state index in [2.05, 4.69) is 0 Å². The number of sulfonamides is 1. The zero-order valence-electron chi connectivity index (χ0n) is 16.5. The summed E-state index contributed by atoms with van der Waals surface area (Å²) in [6, 6.07) is 14.7. The van der Waals surface area contributed by atoms with Crippen molar-refractivity contribution in [1.82, 2.24) is 9.21 Å². The quantitative estimate of drug-likeness (QED) is 0.675. The van der Waals surface area contributed by atoms with E-state index in [-0.39, 0.29) is 23.9 Å². The van der Waals surface area contributed by atoms with Crippen LogP contribution in [0.25, 0.3) is 0 Å². The van der Waals surface area contributed by atoms with E-state index in [1.54, 1.807) is 28.8 Å². The molecule has 0 spiro atoms. The molecule has 4 rings (SSSR count). The van der Waals surface area contributed by atoms with Crippen molar-refractivity contribution >= 4 is 27.7 Å². The smallest absolute Gasteiger partial charge is 0.243 e. The van der Waals surface area contributed by atoms with Gasteiger partial charge in [0, 0.05) is 38.0 Å². The molecule has 0 aromatic heterocycles. The maximum absolute atomic E-state index is 13.0. The number of hydrogen-bond donors (Lipinski definition) is 0. The largest absolute Gasteiger partial charge is 0.486 e. The Morgan fingerprint density at radius 1 is 0.933 bits per heavy atom. The van der Waals surface area contributed by atoms with E-state index >= 15 is 0 Å². The third-order valence-corrected chi connectivity index (χ3v) is 7.96. The average molecular weight is 449 g/mol.